The molecule has 2 rings (SSSR count). The fraction of sp³-hybridized carbons (Fsp3) is 0.444. The maximum Gasteiger partial charge on any atom is 0.338 e. The molecule has 1 aromatic carbocycles. The first-order chi connectivity index (χ1) is 13.2. The Morgan fingerprint density at radius 1 is 1.29 bits per heavy atom. The van der Waals surface area contributed by atoms with E-state index in [0.717, 1.165) is 0 Å². The number of rotatable bonds is 7. The van der Waals surface area contributed by atoms with E-state index < -0.39 is 23.0 Å². The van der Waals surface area contributed by atoms with Gasteiger partial charge in [0.05, 0.1) is 37.4 Å². The number of allylic oxidation sites excluding steroid dienone is 1. The molecule has 0 saturated carbocycles. The van der Waals surface area contributed by atoms with Crippen LogP contribution in [0, 0.1) is 16.0 Å². The van der Waals surface area contributed by atoms with Crippen molar-refractivity contribution in [1.29, 1.82) is 0 Å². The smallest absolute Gasteiger partial charge is 0.338 e. The van der Waals surface area contributed by atoms with E-state index in [4.69, 9.17) is 14.2 Å². The molecule has 0 fully saturated rings. The topological polar surface area (TPSA) is 129 Å². The summed E-state index contributed by atoms with van der Waals surface area (Å²) in [6, 6.07) is 1.25. The number of methoxy groups -OCH3 is 2. The molecule has 1 heterocycles. The molecule has 1 atom stereocenters. The summed E-state index contributed by atoms with van der Waals surface area (Å²) < 4.78 is 15.5. The molecule has 0 aromatic heterocycles. The van der Waals surface area contributed by atoms with Crippen LogP contribution in [0.4, 0.5) is 10.5 Å². The summed E-state index contributed by atoms with van der Waals surface area (Å²) in [5.74, 6) is -0.764. The highest BCUT2D eigenvalue weighted by Gasteiger charge is 2.36. The molecule has 152 valence electrons. The largest absolute Gasteiger partial charge is 0.493 e. The van der Waals surface area contributed by atoms with Gasteiger partial charge in [-0.25, -0.2) is 9.59 Å². The second kappa shape index (κ2) is 8.59. The predicted molar refractivity (Wildman–Crippen MR) is 99.1 cm³/mol. The number of benzene rings is 1. The number of nitrogens with one attached hydrogen (secondary N) is 2. The standard InChI is InChI=1S/C18H23N3O7/c1-6-28-17(22)13-14(9(2)3)19-18(23)20-15(13)10-7-11(21(24)25)16(27-5)12(8-10)26-4/h7-9,15H,6H2,1-5H3,(H2,19,20,23). The molecular formula is C18H23N3O7. The van der Waals surface area contributed by atoms with E-state index in [0.29, 0.717) is 11.3 Å². The van der Waals surface area contributed by atoms with Crippen molar-refractivity contribution in [3.05, 3.63) is 39.1 Å². The van der Waals surface area contributed by atoms with Crippen LogP contribution in [0.1, 0.15) is 32.4 Å². The molecule has 1 aliphatic heterocycles. The van der Waals surface area contributed by atoms with E-state index in [1.165, 1.54) is 26.4 Å². The number of amides is 2. The third kappa shape index (κ3) is 4.00. The van der Waals surface area contributed by atoms with Crippen LogP contribution in [0.2, 0.25) is 0 Å². The molecule has 0 spiro atoms. The average Bonchev–Trinajstić information content (AvgIpc) is 2.65. The van der Waals surface area contributed by atoms with Crippen molar-refractivity contribution in [3.63, 3.8) is 0 Å². The number of urea groups is 1. The molecular weight excluding hydrogens is 370 g/mol. The van der Waals surface area contributed by atoms with Gasteiger partial charge in [0.15, 0.2) is 5.75 Å². The fourth-order valence-electron chi connectivity index (χ4n) is 2.99. The van der Waals surface area contributed by atoms with Gasteiger partial charge in [-0.05, 0) is 24.5 Å². The predicted octanol–water partition coefficient (Wildman–Crippen LogP) is 2.44. The highest BCUT2D eigenvalue weighted by molar-refractivity contribution is 5.95. The van der Waals surface area contributed by atoms with Crippen molar-refractivity contribution in [2.24, 2.45) is 5.92 Å². The van der Waals surface area contributed by atoms with Crippen molar-refractivity contribution in [3.8, 4) is 11.5 Å². The molecule has 2 amide bonds. The summed E-state index contributed by atoms with van der Waals surface area (Å²) in [4.78, 5) is 35.7. The molecule has 28 heavy (non-hydrogen) atoms. The van der Waals surface area contributed by atoms with E-state index in [1.807, 2.05) is 13.8 Å². The average molecular weight is 393 g/mol. The van der Waals surface area contributed by atoms with Crippen molar-refractivity contribution >= 4 is 17.7 Å². The van der Waals surface area contributed by atoms with Crippen LogP contribution in [0.3, 0.4) is 0 Å². The maximum absolute atomic E-state index is 12.6. The number of hydrogen-bond donors (Lipinski definition) is 2. The minimum Gasteiger partial charge on any atom is -0.493 e. The van der Waals surface area contributed by atoms with Gasteiger partial charge < -0.3 is 24.8 Å². The zero-order valence-electron chi connectivity index (χ0n) is 16.3. The van der Waals surface area contributed by atoms with Gasteiger partial charge in [-0.3, -0.25) is 10.1 Å². The highest BCUT2D eigenvalue weighted by Crippen LogP contribution is 2.41. The first-order valence-electron chi connectivity index (χ1n) is 8.64. The lowest BCUT2D eigenvalue weighted by Gasteiger charge is -2.31. The van der Waals surface area contributed by atoms with Crippen molar-refractivity contribution in [2.45, 2.75) is 26.8 Å². The first-order valence-corrected chi connectivity index (χ1v) is 8.64. The summed E-state index contributed by atoms with van der Waals surface area (Å²) in [5, 5.41) is 16.8. The number of nitrogens with zero attached hydrogens (tertiary/aromatic N) is 1. The van der Waals surface area contributed by atoms with Crippen LogP contribution in [0.25, 0.3) is 0 Å². The zero-order valence-corrected chi connectivity index (χ0v) is 16.3. The van der Waals surface area contributed by atoms with Crippen LogP contribution in [-0.4, -0.2) is 37.8 Å². The van der Waals surface area contributed by atoms with Gasteiger partial charge in [-0.15, -0.1) is 0 Å². The Kier molecular flexibility index (Phi) is 6.45. The van der Waals surface area contributed by atoms with E-state index in [2.05, 4.69) is 10.6 Å². The van der Waals surface area contributed by atoms with E-state index in [9.17, 15) is 19.7 Å². The van der Waals surface area contributed by atoms with Crippen molar-refractivity contribution in [2.75, 3.05) is 20.8 Å². The zero-order chi connectivity index (χ0) is 21.0. The quantitative estimate of drug-likeness (QED) is 0.413. The number of carbonyl (C=O) groups excluding carboxylic acids is 2. The summed E-state index contributed by atoms with van der Waals surface area (Å²) >= 11 is 0. The molecule has 1 aromatic rings. The molecule has 1 unspecified atom stereocenters. The fourth-order valence-corrected chi connectivity index (χ4v) is 2.99. The number of esters is 1. The molecule has 0 saturated heterocycles. The van der Waals surface area contributed by atoms with Gasteiger partial charge in [-0.2, -0.15) is 0 Å². The van der Waals surface area contributed by atoms with Gasteiger partial charge in [0, 0.05) is 11.8 Å². The maximum atomic E-state index is 12.6. The molecule has 0 radical (unpaired) electrons. The third-order valence-electron chi connectivity index (χ3n) is 4.19. The van der Waals surface area contributed by atoms with Crippen molar-refractivity contribution in [1.82, 2.24) is 10.6 Å². The lowest BCUT2D eigenvalue weighted by Crippen LogP contribution is -2.47. The summed E-state index contributed by atoms with van der Waals surface area (Å²) in [6.07, 6.45) is 0. The molecule has 0 bridgehead atoms. The van der Waals surface area contributed by atoms with Gasteiger partial charge in [0.2, 0.25) is 5.75 Å². The number of nitro groups is 1. The van der Waals surface area contributed by atoms with Gasteiger partial charge in [0.1, 0.15) is 0 Å². The van der Waals surface area contributed by atoms with Gasteiger partial charge >= 0.3 is 17.7 Å². The minimum absolute atomic E-state index is 0.0535. The van der Waals surface area contributed by atoms with E-state index in [-0.39, 0.29) is 35.3 Å². The lowest BCUT2D eigenvalue weighted by atomic mass is 9.91. The normalized spacial score (nSPS) is 16.4. The second-order valence-corrected chi connectivity index (χ2v) is 6.27. The Labute approximate surface area is 162 Å². The number of carbonyl (C=O) groups is 2. The van der Waals surface area contributed by atoms with Crippen LogP contribution in [-0.2, 0) is 9.53 Å². The Morgan fingerprint density at radius 2 is 1.96 bits per heavy atom. The van der Waals surface area contributed by atoms with Crippen LogP contribution >= 0.6 is 0 Å². The minimum atomic E-state index is -0.955. The lowest BCUT2D eigenvalue weighted by molar-refractivity contribution is -0.385. The molecule has 2 N–H and O–H groups in total. The van der Waals surface area contributed by atoms with Gasteiger partial charge in [0.25, 0.3) is 0 Å². The van der Waals surface area contributed by atoms with E-state index >= 15 is 0 Å². The van der Waals surface area contributed by atoms with Crippen LogP contribution < -0.4 is 20.1 Å². The molecule has 10 nitrogen and oxygen atoms in total. The van der Waals surface area contributed by atoms with E-state index in [1.54, 1.807) is 6.92 Å². The third-order valence-corrected chi connectivity index (χ3v) is 4.19. The summed E-state index contributed by atoms with van der Waals surface area (Å²) in [6.45, 7) is 5.43. The monoisotopic (exact) mass is 393 g/mol. The van der Waals surface area contributed by atoms with Crippen LogP contribution in [0.15, 0.2) is 23.4 Å². The summed E-state index contributed by atoms with van der Waals surface area (Å²) in [7, 11) is 2.63. The first kappa shape index (κ1) is 21.0. The SMILES string of the molecule is CCOC(=O)C1=C(C(C)C)NC(=O)NC1c1cc(OC)c(OC)c([N+](=O)[O-])c1. The number of hydrogen-bond acceptors (Lipinski definition) is 7. The molecule has 10 heteroatoms. The molecule has 1 aliphatic rings. The van der Waals surface area contributed by atoms with Crippen LogP contribution in [0.5, 0.6) is 11.5 Å². The second-order valence-electron chi connectivity index (χ2n) is 6.27. The number of ether oxygens (including phenoxy) is 3. The molecule has 0 aliphatic carbocycles. The highest BCUT2D eigenvalue weighted by atomic mass is 16.6. The Bertz CT molecular complexity index is 833. The Morgan fingerprint density at radius 3 is 2.46 bits per heavy atom. The summed E-state index contributed by atoms with van der Waals surface area (Å²) in [5.41, 5.74) is 0.516. The van der Waals surface area contributed by atoms with Gasteiger partial charge in [-0.1, -0.05) is 13.8 Å². The Hall–Kier alpha value is -3.30. The Balaban J connectivity index is 2.73. The number of nitro benzene ring substituents is 1. The van der Waals surface area contributed by atoms with Crippen molar-refractivity contribution < 1.29 is 28.7 Å².